The van der Waals surface area contributed by atoms with E-state index in [1.807, 2.05) is 12.1 Å². The van der Waals surface area contributed by atoms with Crippen molar-refractivity contribution in [2.45, 2.75) is 18.6 Å². The van der Waals surface area contributed by atoms with Crippen LogP contribution in [0.2, 0.25) is 0 Å². The predicted molar refractivity (Wildman–Crippen MR) is 64.1 cm³/mol. The maximum absolute atomic E-state index is 13.5. The lowest BCUT2D eigenvalue weighted by atomic mass is 10.2. The summed E-state index contributed by atoms with van der Waals surface area (Å²) in [5.74, 6) is 3.49. The fourth-order valence-electron chi connectivity index (χ4n) is 1.72. The molecular weight excluding hydrogens is 263 g/mol. The van der Waals surface area contributed by atoms with Crippen molar-refractivity contribution in [2.75, 3.05) is 11.5 Å². The van der Waals surface area contributed by atoms with Crippen LogP contribution in [-0.2, 0) is 16.6 Å². The lowest BCUT2D eigenvalue weighted by molar-refractivity contribution is 0.616. The first kappa shape index (κ1) is 10.5. The van der Waals surface area contributed by atoms with Gasteiger partial charge in [0, 0.05) is 10.0 Å². The van der Waals surface area contributed by atoms with Crippen LogP contribution in [0.15, 0.2) is 22.7 Å². The number of hydrogen-bond donors (Lipinski definition) is 0. The molecule has 14 heavy (non-hydrogen) atoms. The average molecular weight is 276 g/mol. The third kappa shape index (κ3) is 2.51. The molecule has 0 atom stereocenters. The van der Waals surface area contributed by atoms with Crippen LogP contribution in [0, 0.1) is 5.82 Å². The van der Waals surface area contributed by atoms with Gasteiger partial charge in [-0.05, 0) is 35.9 Å². The van der Waals surface area contributed by atoms with Crippen molar-refractivity contribution in [3.8, 4) is 0 Å². The van der Waals surface area contributed by atoms with Gasteiger partial charge < -0.3 is 0 Å². The summed E-state index contributed by atoms with van der Waals surface area (Å²) in [6.07, 6.45) is 2.67. The third-order valence-electron chi connectivity index (χ3n) is 2.49. The molecule has 0 N–H and O–H groups in total. The molecule has 0 nitrogen and oxygen atoms in total. The normalized spacial score (nSPS) is 17.6. The summed E-state index contributed by atoms with van der Waals surface area (Å²) in [6, 6.07) is 5.40. The van der Waals surface area contributed by atoms with Crippen molar-refractivity contribution in [3.05, 3.63) is 34.1 Å². The predicted octanol–water partition coefficient (Wildman–Crippen LogP) is 3.50. The summed E-state index contributed by atoms with van der Waals surface area (Å²) in [4.78, 5) is 0. The van der Waals surface area contributed by atoms with Gasteiger partial charge in [-0.3, -0.25) is 0 Å². The van der Waals surface area contributed by atoms with Crippen molar-refractivity contribution in [1.29, 1.82) is 0 Å². The number of rotatable bonds is 2. The maximum Gasteiger partial charge on any atom is 0.136 e. The third-order valence-corrected chi connectivity index (χ3v) is 5.44. The zero-order valence-corrected chi connectivity index (χ0v) is 10.3. The van der Waals surface area contributed by atoms with E-state index < -0.39 is 0 Å². The zero-order valence-electron chi connectivity index (χ0n) is 7.93. The van der Waals surface area contributed by atoms with Gasteiger partial charge in [-0.25, -0.2) is 4.39 Å². The van der Waals surface area contributed by atoms with Crippen molar-refractivity contribution >= 4 is 26.8 Å². The van der Waals surface area contributed by atoms with E-state index in [4.69, 9.17) is 0 Å². The SMILES string of the molecule is Fc1cc(Br)ccc1C[S+]1CCCC1. The molecule has 0 radical (unpaired) electrons. The minimum Gasteiger partial charge on any atom is -0.206 e. The van der Waals surface area contributed by atoms with Gasteiger partial charge in [0.1, 0.15) is 23.1 Å². The van der Waals surface area contributed by atoms with E-state index in [2.05, 4.69) is 15.9 Å². The minimum absolute atomic E-state index is 0.0567. The van der Waals surface area contributed by atoms with Crippen molar-refractivity contribution in [3.63, 3.8) is 0 Å². The monoisotopic (exact) mass is 275 g/mol. The lowest BCUT2D eigenvalue weighted by Gasteiger charge is -2.03. The van der Waals surface area contributed by atoms with Crippen LogP contribution in [0.25, 0.3) is 0 Å². The van der Waals surface area contributed by atoms with Gasteiger partial charge in [-0.1, -0.05) is 22.0 Å². The van der Waals surface area contributed by atoms with Crippen LogP contribution in [0.1, 0.15) is 18.4 Å². The molecule has 0 spiro atoms. The Bertz CT molecular complexity index is 321. The van der Waals surface area contributed by atoms with Gasteiger partial charge >= 0.3 is 0 Å². The Kier molecular flexibility index (Phi) is 3.50. The first-order chi connectivity index (χ1) is 6.75. The molecule has 0 aliphatic carbocycles. The van der Waals surface area contributed by atoms with E-state index in [0.717, 1.165) is 15.8 Å². The molecule has 1 fully saturated rings. The molecule has 0 saturated carbocycles. The Morgan fingerprint density at radius 2 is 2.00 bits per heavy atom. The van der Waals surface area contributed by atoms with Crippen LogP contribution in [0.5, 0.6) is 0 Å². The first-order valence-corrected chi connectivity index (χ1v) is 7.36. The zero-order chi connectivity index (χ0) is 9.97. The molecule has 1 aromatic rings. The highest BCUT2D eigenvalue weighted by molar-refractivity contribution is 9.10. The smallest absolute Gasteiger partial charge is 0.136 e. The fourth-order valence-corrected chi connectivity index (χ4v) is 4.44. The van der Waals surface area contributed by atoms with E-state index >= 15 is 0 Å². The molecule has 1 saturated heterocycles. The quantitative estimate of drug-likeness (QED) is 0.725. The van der Waals surface area contributed by atoms with Crippen LogP contribution in [0.3, 0.4) is 0 Å². The molecular formula is C11H13BrFS+. The molecule has 1 aliphatic heterocycles. The van der Waals surface area contributed by atoms with Crippen LogP contribution in [-0.4, -0.2) is 11.5 Å². The van der Waals surface area contributed by atoms with Gasteiger partial charge in [-0.15, -0.1) is 0 Å². The first-order valence-electron chi connectivity index (χ1n) is 4.84. The lowest BCUT2D eigenvalue weighted by Crippen LogP contribution is -2.07. The topological polar surface area (TPSA) is 0 Å². The molecule has 0 amide bonds. The molecule has 1 aliphatic rings. The van der Waals surface area contributed by atoms with E-state index in [0.29, 0.717) is 10.9 Å². The van der Waals surface area contributed by atoms with Crippen LogP contribution < -0.4 is 0 Å². The summed E-state index contributed by atoms with van der Waals surface area (Å²) >= 11 is 3.27. The molecule has 0 unspecified atom stereocenters. The second kappa shape index (κ2) is 4.67. The molecule has 0 aromatic heterocycles. The highest BCUT2D eigenvalue weighted by atomic mass is 79.9. The maximum atomic E-state index is 13.5. The van der Waals surface area contributed by atoms with Crippen LogP contribution in [0.4, 0.5) is 4.39 Å². The number of benzene rings is 1. The Morgan fingerprint density at radius 3 is 2.64 bits per heavy atom. The average Bonchev–Trinajstić information content (AvgIpc) is 2.62. The summed E-state index contributed by atoms with van der Waals surface area (Å²) in [5.41, 5.74) is 0.887. The van der Waals surface area contributed by atoms with E-state index in [1.165, 1.54) is 24.3 Å². The van der Waals surface area contributed by atoms with Gasteiger partial charge in [0.25, 0.3) is 0 Å². The van der Waals surface area contributed by atoms with Crippen molar-refractivity contribution in [2.24, 2.45) is 0 Å². The van der Waals surface area contributed by atoms with Crippen molar-refractivity contribution in [1.82, 2.24) is 0 Å². The van der Waals surface area contributed by atoms with E-state index in [9.17, 15) is 4.39 Å². The van der Waals surface area contributed by atoms with E-state index in [-0.39, 0.29) is 5.82 Å². The Balaban J connectivity index is 2.08. The largest absolute Gasteiger partial charge is 0.206 e. The number of halogens is 2. The minimum atomic E-state index is -0.0567. The standard InChI is InChI=1S/C11H13BrFS/c12-10-4-3-9(11(13)7-10)8-14-5-1-2-6-14/h3-4,7H,1-2,5-6,8H2/q+1. The van der Waals surface area contributed by atoms with Gasteiger partial charge in [0.15, 0.2) is 0 Å². The molecule has 76 valence electrons. The summed E-state index contributed by atoms with van der Waals surface area (Å²) < 4.78 is 14.3. The highest BCUT2D eigenvalue weighted by Crippen LogP contribution is 2.22. The van der Waals surface area contributed by atoms with E-state index in [1.54, 1.807) is 6.07 Å². The summed E-state index contributed by atoms with van der Waals surface area (Å²) in [6.45, 7) is 0. The second-order valence-corrected chi connectivity index (χ2v) is 6.85. The molecule has 3 heteroatoms. The fraction of sp³-hybridized carbons (Fsp3) is 0.455. The Hall–Kier alpha value is -0.0200. The highest BCUT2D eigenvalue weighted by Gasteiger charge is 2.25. The Morgan fingerprint density at radius 1 is 1.29 bits per heavy atom. The van der Waals surface area contributed by atoms with Crippen LogP contribution >= 0.6 is 15.9 Å². The van der Waals surface area contributed by atoms with Gasteiger partial charge in [-0.2, -0.15) is 0 Å². The summed E-state index contributed by atoms with van der Waals surface area (Å²) in [5, 5.41) is 0. The molecule has 1 heterocycles. The molecule has 0 bridgehead atoms. The molecule has 2 rings (SSSR count). The van der Waals surface area contributed by atoms with Gasteiger partial charge in [0.2, 0.25) is 0 Å². The number of hydrogen-bond acceptors (Lipinski definition) is 0. The van der Waals surface area contributed by atoms with Gasteiger partial charge in [0.05, 0.1) is 0 Å². The van der Waals surface area contributed by atoms with Crippen molar-refractivity contribution < 1.29 is 4.39 Å². The Labute approximate surface area is 95.4 Å². The second-order valence-electron chi connectivity index (χ2n) is 3.61. The molecule has 1 aromatic carbocycles. The summed E-state index contributed by atoms with van der Waals surface area (Å²) in [7, 11) is 0.450.